The Balaban J connectivity index is 1.68. The van der Waals surface area contributed by atoms with Gasteiger partial charge in [-0.05, 0) is 35.2 Å². The van der Waals surface area contributed by atoms with E-state index >= 15 is 0 Å². The Morgan fingerprint density at radius 1 is 1.06 bits per heavy atom. The lowest BCUT2D eigenvalue weighted by molar-refractivity contribution is -0.125. The lowest BCUT2D eigenvalue weighted by atomic mass is 10.1. The zero-order valence-electron chi connectivity index (χ0n) is 16.3. The third-order valence-corrected chi connectivity index (χ3v) is 4.18. The smallest absolute Gasteiger partial charge is 0.357 e. The summed E-state index contributed by atoms with van der Waals surface area (Å²) in [5, 5.41) is 5.88. The number of benzene rings is 1. The van der Waals surface area contributed by atoms with E-state index in [4.69, 9.17) is 0 Å². The maximum atomic E-state index is 12.4. The molecule has 0 radical (unpaired) electrons. The molecule has 162 valence electrons. The summed E-state index contributed by atoms with van der Waals surface area (Å²) < 4.78 is 36.8. The van der Waals surface area contributed by atoms with Crippen LogP contribution in [0, 0.1) is 0 Å². The number of halogens is 3. The van der Waals surface area contributed by atoms with E-state index in [0.717, 1.165) is 22.5 Å². The lowest BCUT2D eigenvalue weighted by Crippen LogP contribution is -2.28. The van der Waals surface area contributed by atoms with Gasteiger partial charge in [0.1, 0.15) is 5.69 Å². The maximum absolute atomic E-state index is 12.4. The van der Waals surface area contributed by atoms with Crippen LogP contribution in [0.2, 0.25) is 0 Å². The van der Waals surface area contributed by atoms with Crippen LogP contribution in [0.25, 0.3) is 10.9 Å². The highest BCUT2D eigenvalue weighted by Crippen LogP contribution is 2.18. The Morgan fingerprint density at radius 3 is 2.71 bits per heavy atom. The highest BCUT2D eigenvalue weighted by atomic mass is 19.4. The topological polar surface area (TPSA) is 103 Å². The second kappa shape index (κ2) is 9.90. The zero-order valence-corrected chi connectivity index (χ0v) is 16.3. The molecule has 0 unspecified atom stereocenters. The van der Waals surface area contributed by atoms with Crippen LogP contribution >= 0.6 is 0 Å². The van der Waals surface area contributed by atoms with E-state index in [0.29, 0.717) is 5.69 Å². The van der Waals surface area contributed by atoms with E-state index in [1.165, 1.54) is 12.4 Å². The second-order valence-electron chi connectivity index (χ2n) is 6.68. The van der Waals surface area contributed by atoms with Gasteiger partial charge in [0, 0.05) is 42.8 Å². The number of carbonyl (C=O) groups excluding carboxylic acids is 1. The Morgan fingerprint density at radius 2 is 1.90 bits per heavy atom. The summed E-state index contributed by atoms with van der Waals surface area (Å²) in [5.74, 6) is -0.520. The van der Waals surface area contributed by atoms with E-state index in [2.05, 4.69) is 25.6 Å². The predicted octanol–water partition coefficient (Wildman–Crippen LogP) is 2.96. The minimum atomic E-state index is -4.26. The summed E-state index contributed by atoms with van der Waals surface area (Å²) in [7, 11) is 0. The normalized spacial score (nSPS) is 11.2. The molecule has 0 atom stereocenters. The van der Waals surface area contributed by atoms with E-state index < -0.39 is 24.2 Å². The summed E-state index contributed by atoms with van der Waals surface area (Å²) in [6.45, 7) is -0.833. The molecule has 4 N–H and O–H groups in total. The molecule has 3 aromatic rings. The molecule has 10 heteroatoms. The monoisotopic (exact) mass is 431 g/mol. The van der Waals surface area contributed by atoms with Gasteiger partial charge in [0.2, 0.25) is 5.56 Å². The molecule has 0 aliphatic carbocycles. The number of aromatic nitrogens is 3. The van der Waals surface area contributed by atoms with Gasteiger partial charge in [0.15, 0.2) is 0 Å². The van der Waals surface area contributed by atoms with Crippen molar-refractivity contribution in [2.75, 3.05) is 6.54 Å². The molecule has 2 aromatic heterocycles. The van der Waals surface area contributed by atoms with Gasteiger partial charge in [-0.25, -0.2) is 0 Å². The Hall–Kier alpha value is -3.66. The molecule has 0 aliphatic heterocycles. The van der Waals surface area contributed by atoms with E-state index in [1.54, 1.807) is 36.4 Å². The summed E-state index contributed by atoms with van der Waals surface area (Å²) in [6, 6.07) is 13.2. The number of alkyl halides is 3. The molecule has 1 aromatic carbocycles. The van der Waals surface area contributed by atoms with Gasteiger partial charge in [-0.3, -0.25) is 14.6 Å². The number of aromatic amines is 2. The van der Waals surface area contributed by atoms with Crippen molar-refractivity contribution in [3.05, 3.63) is 88.2 Å². The summed E-state index contributed by atoms with van der Waals surface area (Å²) in [4.78, 5) is 33.7. The quantitative estimate of drug-likeness (QED) is 0.482. The average molecular weight is 431 g/mol. The van der Waals surface area contributed by atoms with Crippen LogP contribution in [-0.4, -0.2) is 33.6 Å². The van der Waals surface area contributed by atoms with Gasteiger partial charge < -0.3 is 20.6 Å². The minimum absolute atomic E-state index is 0.0450. The first kappa shape index (κ1) is 22.0. The molecule has 2 heterocycles. The predicted molar refractivity (Wildman–Crippen MR) is 110 cm³/mol. The van der Waals surface area contributed by atoms with Gasteiger partial charge in [0.05, 0.1) is 6.54 Å². The van der Waals surface area contributed by atoms with Gasteiger partial charge in [-0.15, -0.1) is 0 Å². The van der Waals surface area contributed by atoms with Crippen molar-refractivity contribution >= 4 is 16.8 Å². The third kappa shape index (κ3) is 6.96. The van der Waals surface area contributed by atoms with Gasteiger partial charge in [0.25, 0.3) is 5.91 Å². The molecule has 31 heavy (non-hydrogen) atoms. The molecule has 0 saturated carbocycles. The molecule has 0 fully saturated rings. The number of nitrogens with one attached hydrogen (secondary N) is 4. The molecule has 0 aliphatic rings. The number of fused-ring (bicyclic) bond motifs is 1. The molecule has 3 rings (SSSR count). The zero-order chi connectivity index (χ0) is 22.3. The molecule has 7 nitrogen and oxygen atoms in total. The number of nitrogens with zero attached hydrogens (tertiary/aromatic N) is 1. The fraction of sp³-hybridized carbons (Fsp3) is 0.190. The van der Waals surface area contributed by atoms with Crippen molar-refractivity contribution in [1.29, 1.82) is 0 Å². The van der Waals surface area contributed by atoms with E-state index in [1.807, 2.05) is 6.07 Å². The van der Waals surface area contributed by atoms with E-state index in [9.17, 15) is 22.8 Å². The van der Waals surface area contributed by atoms with Gasteiger partial charge >= 0.3 is 6.18 Å². The van der Waals surface area contributed by atoms with Crippen molar-refractivity contribution in [3.8, 4) is 0 Å². The van der Waals surface area contributed by atoms with Crippen molar-refractivity contribution in [2.45, 2.75) is 19.3 Å². The highest BCUT2D eigenvalue weighted by Gasteiger charge is 2.26. The number of amides is 1. The molecule has 0 saturated heterocycles. The van der Waals surface area contributed by atoms with Crippen LogP contribution in [-0.2, 0) is 13.1 Å². The van der Waals surface area contributed by atoms with Gasteiger partial charge in [-0.2, -0.15) is 13.2 Å². The van der Waals surface area contributed by atoms with Crippen LogP contribution in [0.4, 0.5) is 13.2 Å². The van der Waals surface area contributed by atoms with Crippen LogP contribution in [0.1, 0.15) is 21.7 Å². The number of rotatable bonds is 6. The molecule has 0 spiro atoms. The molecular weight excluding hydrogens is 411 g/mol. The first-order chi connectivity index (χ1) is 14.8. The van der Waals surface area contributed by atoms with Crippen LogP contribution in [0.15, 0.2) is 65.7 Å². The summed E-state index contributed by atoms with van der Waals surface area (Å²) in [6.07, 6.45) is -1.41. The van der Waals surface area contributed by atoms with Gasteiger partial charge in [-0.1, -0.05) is 18.2 Å². The van der Waals surface area contributed by atoms with E-state index in [-0.39, 0.29) is 18.8 Å². The summed E-state index contributed by atoms with van der Waals surface area (Å²) in [5.41, 5.74) is 1.61. The highest BCUT2D eigenvalue weighted by molar-refractivity contribution is 5.92. The largest absolute Gasteiger partial charge is 0.401 e. The van der Waals surface area contributed by atoms with Crippen LogP contribution < -0.4 is 16.2 Å². The Bertz CT molecular complexity index is 1170. The number of carbonyl (C=O) groups is 1. The van der Waals surface area contributed by atoms with Crippen molar-refractivity contribution in [2.24, 2.45) is 0 Å². The van der Waals surface area contributed by atoms with Crippen molar-refractivity contribution < 1.29 is 18.0 Å². The Kier molecular flexibility index (Phi) is 7.03. The standard InChI is InChI=1S/C21H20F3N5O2/c22-21(23,24)13-25-12-16-9-15-5-4-14(8-17(15)29-16)11-28-20(31)18-10-19(30)27-7-3-1-2-6-26-18/h1-10,25,29H,11-13H2,(H,27,30)(H,28,31). The third-order valence-electron chi connectivity index (χ3n) is 4.18. The van der Waals surface area contributed by atoms with Crippen LogP contribution in [0.5, 0.6) is 0 Å². The maximum Gasteiger partial charge on any atom is 0.401 e. The summed E-state index contributed by atoms with van der Waals surface area (Å²) >= 11 is 0. The fourth-order valence-corrected chi connectivity index (χ4v) is 2.80. The second-order valence-corrected chi connectivity index (χ2v) is 6.68. The number of hydrogen-bond donors (Lipinski definition) is 4. The average Bonchev–Trinajstić information content (AvgIpc) is 3.11. The lowest BCUT2D eigenvalue weighted by Gasteiger charge is -2.06. The Labute approximate surface area is 175 Å². The molecular formula is C21H20F3N5O2. The first-order valence-electron chi connectivity index (χ1n) is 9.34. The SMILES string of the molecule is O=C(NCc1ccc2cc(CNCC(F)(F)F)[nH]c2c1)c1cc(=O)[nH]cccccn1. The van der Waals surface area contributed by atoms with Crippen LogP contribution in [0.3, 0.4) is 0 Å². The fourth-order valence-electron chi connectivity index (χ4n) is 2.80. The van der Waals surface area contributed by atoms with Crippen molar-refractivity contribution in [1.82, 2.24) is 25.6 Å². The molecule has 1 amide bonds. The number of H-pyrrole nitrogens is 2. The van der Waals surface area contributed by atoms with Crippen molar-refractivity contribution in [3.63, 3.8) is 0 Å². The number of hydrogen-bond acceptors (Lipinski definition) is 4. The first-order valence-corrected chi connectivity index (χ1v) is 9.34. The minimum Gasteiger partial charge on any atom is -0.357 e. The molecule has 0 bridgehead atoms.